The van der Waals surface area contributed by atoms with Gasteiger partial charge in [0.1, 0.15) is 0 Å². The molecule has 0 saturated carbocycles. The average molecular weight is 263 g/mol. The van der Waals surface area contributed by atoms with E-state index in [0.717, 1.165) is 12.2 Å². The Balaban J connectivity index is 2.35. The molecule has 4 nitrogen and oxygen atoms in total. The first-order valence-corrected chi connectivity index (χ1v) is 6.84. The van der Waals surface area contributed by atoms with Gasteiger partial charge in [-0.25, -0.2) is 0 Å². The third-order valence-corrected chi connectivity index (χ3v) is 3.63. The summed E-state index contributed by atoms with van der Waals surface area (Å²) < 4.78 is 0. The molecule has 1 N–H and O–H groups in total. The van der Waals surface area contributed by atoms with E-state index in [0.29, 0.717) is 6.54 Å². The monoisotopic (exact) mass is 263 g/mol. The molecule has 1 amide bonds. The number of carbonyl (C=O) groups excluding carboxylic acids is 1. The summed E-state index contributed by atoms with van der Waals surface area (Å²) in [5, 5.41) is 2.98. The minimum atomic E-state index is -0.0485. The van der Waals surface area contributed by atoms with Gasteiger partial charge < -0.3 is 15.1 Å². The maximum absolute atomic E-state index is 11.8. The highest BCUT2D eigenvalue weighted by molar-refractivity contribution is 5.82. The molecule has 0 aromatic heterocycles. The second kappa shape index (κ2) is 4.29. The lowest BCUT2D eigenvalue weighted by molar-refractivity contribution is -0.123. The van der Waals surface area contributed by atoms with Gasteiger partial charge in [0.05, 0.1) is 24.5 Å². The molecule has 0 aliphatic carbocycles. The van der Waals surface area contributed by atoms with Gasteiger partial charge in [-0.3, -0.25) is 4.79 Å². The summed E-state index contributed by atoms with van der Waals surface area (Å²) in [7, 11) is 0. The Kier molecular flexibility index (Phi) is 3.15. The van der Waals surface area contributed by atoms with Crippen LogP contribution in [0.15, 0.2) is 23.7 Å². The molecule has 2 rings (SSSR count). The van der Waals surface area contributed by atoms with Crippen LogP contribution in [-0.4, -0.2) is 39.9 Å². The van der Waals surface area contributed by atoms with Crippen molar-refractivity contribution in [1.82, 2.24) is 15.1 Å². The standard InChI is InChI=1S/C15H25N3O/c1-14(2,3)17-8-7-11-12(9-17)18(15(4,5)6)10-13(19)16-11/h7-8H,9-10H2,1-6H3,(H,16,19). The maximum atomic E-state index is 11.8. The summed E-state index contributed by atoms with van der Waals surface area (Å²) >= 11 is 0. The Labute approximate surface area is 116 Å². The third-order valence-electron chi connectivity index (χ3n) is 3.63. The van der Waals surface area contributed by atoms with E-state index in [2.05, 4.69) is 62.9 Å². The van der Waals surface area contributed by atoms with E-state index < -0.39 is 0 Å². The van der Waals surface area contributed by atoms with E-state index in [1.165, 1.54) is 5.70 Å². The number of rotatable bonds is 0. The molecule has 0 fully saturated rings. The van der Waals surface area contributed by atoms with Gasteiger partial charge in [-0.15, -0.1) is 0 Å². The first-order chi connectivity index (χ1) is 8.59. The van der Waals surface area contributed by atoms with Gasteiger partial charge in [0.2, 0.25) is 5.91 Å². The quantitative estimate of drug-likeness (QED) is 0.726. The van der Waals surface area contributed by atoms with Crippen LogP contribution in [0.5, 0.6) is 0 Å². The van der Waals surface area contributed by atoms with Crippen LogP contribution in [0.2, 0.25) is 0 Å². The molecular formula is C15H25N3O. The van der Waals surface area contributed by atoms with E-state index >= 15 is 0 Å². The zero-order valence-corrected chi connectivity index (χ0v) is 12.9. The summed E-state index contributed by atoms with van der Waals surface area (Å²) in [5.41, 5.74) is 2.20. The van der Waals surface area contributed by atoms with E-state index in [4.69, 9.17) is 0 Å². The zero-order valence-electron chi connectivity index (χ0n) is 12.9. The van der Waals surface area contributed by atoms with Crippen molar-refractivity contribution in [2.24, 2.45) is 0 Å². The SMILES string of the molecule is CC(C)(C)N1C=CC2=C(C1)N(C(C)(C)C)CC(=O)N2. The molecule has 19 heavy (non-hydrogen) atoms. The highest BCUT2D eigenvalue weighted by Crippen LogP contribution is 2.30. The van der Waals surface area contributed by atoms with E-state index in [1.807, 2.05) is 6.08 Å². The van der Waals surface area contributed by atoms with Gasteiger partial charge in [-0.1, -0.05) is 0 Å². The van der Waals surface area contributed by atoms with Crippen molar-refractivity contribution < 1.29 is 4.79 Å². The largest absolute Gasteiger partial charge is 0.367 e. The molecular weight excluding hydrogens is 238 g/mol. The van der Waals surface area contributed by atoms with Crippen LogP contribution in [0, 0.1) is 0 Å². The van der Waals surface area contributed by atoms with Gasteiger partial charge in [0, 0.05) is 17.3 Å². The van der Waals surface area contributed by atoms with Crippen molar-refractivity contribution in [2.45, 2.75) is 52.6 Å². The summed E-state index contributed by atoms with van der Waals surface area (Å²) in [6.45, 7) is 14.3. The number of hydrogen-bond acceptors (Lipinski definition) is 3. The van der Waals surface area contributed by atoms with Crippen molar-refractivity contribution in [3.63, 3.8) is 0 Å². The van der Waals surface area contributed by atoms with Crippen LogP contribution in [0.25, 0.3) is 0 Å². The number of carbonyl (C=O) groups is 1. The van der Waals surface area contributed by atoms with Crippen molar-refractivity contribution >= 4 is 5.91 Å². The topological polar surface area (TPSA) is 35.6 Å². The molecule has 106 valence electrons. The first-order valence-electron chi connectivity index (χ1n) is 6.84. The predicted octanol–water partition coefficient (Wildman–Crippen LogP) is 2.06. The van der Waals surface area contributed by atoms with Crippen molar-refractivity contribution in [3.8, 4) is 0 Å². The molecule has 0 spiro atoms. The molecule has 4 heteroatoms. The molecule has 0 aromatic rings. The van der Waals surface area contributed by atoms with Gasteiger partial charge in [-0.2, -0.15) is 0 Å². The fourth-order valence-corrected chi connectivity index (χ4v) is 2.44. The highest BCUT2D eigenvalue weighted by atomic mass is 16.2. The molecule has 0 bridgehead atoms. The van der Waals surface area contributed by atoms with Crippen LogP contribution in [0.4, 0.5) is 0 Å². The highest BCUT2D eigenvalue weighted by Gasteiger charge is 2.35. The van der Waals surface area contributed by atoms with Crippen LogP contribution >= 0.6 is 0 Å². The number of nitrogens with zero attached hydrogens (tertiary/aromatic N) is 2. The number of nitrogens with one attached hydrogen (secondary N) is 1. The molecule has 0 aromatic carbocycles. The maximum Gasteiger partial charge on any atom is 0.243 e. The lowest BCUT2D eigenvalue weighted by Crippen LogP contribution is -2.55. The minimum absolute atomic E-state index is 0.0485. The van der Waals surface area contributed by atoms with Crippen molar-refractivity contribution in [3.05, 3.63) is 23.7 Å². The fourth-order valence-electron chi connectivity index (χ4n) is 2.44. The smallest absolute Gasteiger partial charge is 0.243 e. The summed E-state index contributed by atoms with van der Waals surface area (Å²) in [6, 6.07) is 0. The first kappa shape index (κ1) is 14.0. The Morgan fingerprint density at radius 1 is 1.05 bits per heavy atom. The summed E-state index contributed by atoms with van der Waals surface area (Å²) in [5.74, 6) is 0.0718. The van der Waals surface area contributed by atoms with Gasteiger partial charge in [-0.05, 0) is 47.6 Å². The molecule has 0 radical (unpaired) electrons. The third kappa shape index (κ3) is 2.77. The minimum Gasteiger partial charge on any atom is -0.367 e. The van der Waals surface area contributed by atoms with Crippen LogP contribution in [0.3, 0.4) is 0 Å². The van der Waals surface area contributed by atoms with Crippen LogP contribution in [0.1, 0.15) is 41.5 Å². The Morgan fingerprint density at radius 3 is 2.21 bits per heavy atom. The fraction of sp³-hybridized carbons (Fsp3) is 0.667. The predicted molar refractivity (Wildman–Crippen MR) is 77.2 cm³/mol. The molecule has 2 aliphatic rings. The lowest BCUT2D eigenvalue weighted by atomic mass is 9.98. The molecule has 0 saturated heterocycles. The molecule has 0 atom stereocenters. The molecule has 2 heterocycles. The van der Waals surface area contributed by atoms with Gasteiger partial charge in [0.25, 0.3) is 0 Å². The van der Waals surface area contributed by atoms with Crippen molar-refractivity contribution in [1.29, 1.82) is 0 Å². The summed E-state index contributed by atoms with van der Waals surface area (Å²) in [6.07, 6.45) is 4.09. The van der Waals surface area contributed by atoms with E-state index in [-0.39, 0.29) is 17.0 Å². The lowest BCUT2D eigenvalue weighted by Gasteiger charge is -2.47. The molecule has 2 aliphatic heterocycles. The average Bonchev–Trinajstić information content (AvgIpc) is 2.24. The zero-order chi connectivity index (χ0) is 14.4. The number of allylic oxidation sites excluding steroid dienone is 1. The van der Waals surface area contributed by atoms with Crippen LogP contribution < -0.4 is 5.32 Å². The Morgan fingerprint density at radius 2 is 1.68 bits per heavy atom. The number of amides is 1. The Bertz CT molecular complexity index is 449. The van der Waals surface area contributed by atoms with Gasteiger partial charge >= 0.3 is 0 Å². The second-order valence-corrected chi connectivity index (χ2v) is 7.28. The van der Waals surface area contributed by atoms with E-state index in [1.54, 1.807) is 0 Å². The van der Waals surface area contributed by atoms with Crippen LogP contribution in [-0.2, 0) is 4.79 Å². The molecule has 0 unspecified atom stereocenters. The second-order valence-electron chi connectivity index (χ2n) is 7.28. The normalized spacial score (nSPS) is 20.6. The van der Waals surface area contributed by atoms with Gasteiger partial charge in [0.15, 0.2) is 0 Å². The summed E-state index contributed by atoms with van der Waals surface area (Å²) in [4.78, 5) is 16.3. The number of hydrogen-bond donors (Lipinski definition) is 1. The Hall–Kier alpha value is -1.45. The van der Waals surface area contributed by atoms with E-state index in [9.17, 15) is 4.79 Å². The van der Waals surface area contributed by atoms with Crippen molar-refractivity contribution in [2.75, 3.05) is 13.1 Å².